The monoisotopic (exact) mass is 497 g/mol. The first-order valence-corrected chi connectivity index (χ1v) is 13.9. The number of fused-ring (bicyclic) bond motifs is 1. The maximum atomic E-state index is 14.2. The van der Waals surface area contributed by atoms with Gasteiger partial charge in [0.25, 0.3) is 0 Å². The molecule has 0 aliphatic carbocycles. The number of benzene rings is 2. The number of thioether (sulfide) groups is 1. The summed E-state index contributed by atoms with van der Waals surface area (Å²) in [6, 6.07) is 12.0. The summed E-state index contributed by atoms with van der Waals surface area (Å²) < 4.78 is 29.4. The minimum Gasteiger partial charge on any atom is -0.303 e. The van der Waals surface area contributed by atoms with E-state index in [1.807, 2.05) is 29.1 Å². The molecule has 2 aromatic carbocycles. The molecule has 3 nitrogen and oxygen atoms in total. The van der Waals surface area contributed by atoms with Crippen molar-refractivity contribution in [2.45, 2.75) is 43.4 Å². The molecule has 7 heteroatoms. The quantitative estimate of drug-likeness (QED) is 0.188. The minimum absolute atomic E-state index is 0.182. The van der Waals surface area contributed by atoms with E-state index in [1.54, 1.807) is 35.2 Å². The molecule has 0 spiro atoms. The van der Waals surface area contributed by atoms with Gasteiger partial charge in [0.2, 0.25) is 0 Å². The average Bonchev–Trinajstić information content (AvgIpc) is 3.49. The molecule has 0 unspecified atom stereocenters. The van der Waals surface area contributed by atoms with E-state index in [-0.39, 0.29) is 11.6 Å². The van der Waals surface area contributed by atoms with Crippen LogP contribution in [0.15, 0.2) is 58.3 Å². The summed E-state index contributed by atoms with van der Waals surface area (Å²) in [5.41, 5.74) is 5.42. The van der Waals surface area contributed by atoms with Crippen molar-refractivity contribution < 1.29 is 8.78 Å². The van der Waals surface area contributed by atoms with Gasteiger partial charge in [-0.05, 0) is 105 Å². The Hall–Kier alpha value is -2.22. The van der Waals surface area contributed by atoms with E-state index >= 15 is 0 Å². The van der Waals surface area contributed by atoms with Crippen molar-refractivity contribution in [3.63, 3.8) is 0 Å². The van der Waals surface area contributed by atoms with Crippen LogP contribution in [0.4, 0.5) is 8.78 Å². The van der Waals surface area contributed by atoms with Crippen molar-refractivity contribution in [2.75, 3.05) is 25.4 Å². The first-order valence-electron chi connectivity index (χ1n) is 12.0. The molecule has 1 aliphatic heterocycles. The molecule has 0 N–H and O–H groups in total. The van der Waals surface area contributed by atoms with E-state index in [2.05, 4.69) is 21.4 Å². The number of rotatable bonds is 8. The molecule has 2 aromatic heterocycles. The lowest BCUT2D eigenvalue weighted by Gasteiger charge is -2.32. The predicted octanol–water partition coefficient (Wildman–Crippen LogP) is 7.29. The van der Waals surface area contributed by atoms with Gasteiger partial charge >= 0.3 is 0 Å². The van der Waals surface area contributed by atoms with E-state index in [1.165, 1.54) is 28.8 Å². The van der Waals surface area contributed by atoms with Gasteiger partial charge in [-0.3, -0.25) is 4.57 Å². The molecule has 0 radical (unpaired) electrons. The Labute approximate surface area is 207 Å². The first kappa shape index (κ1) is 23.5. The van der Waals surface area contributed by atoms with Crippen LogP contribution in [0.3, 0.4) is 0 Å². The van der Waals surface area contributed by atoms with Crippen LogP contribution in [0.25, 0.3) is 16.7 Å². The van der Waals surface area contributed by atoms with Gasteiger partial charge < -0.3 is 4.90 Å². The van der Waals surface area contributed by atoms with Gasteiger partial charge in [0, 0.05) is 21.4 Å². The number of likely N-dealkylation sites (tertiary alicyclic amines) is 1. The second kappa shape index (κ2) is 10.6. The molecule has 3 heterocycles. The summed E-state index contributed by atoms with van der Waals surface area (Å²) in [5, 5.41) is 3.21. The highest BCUT2D eigenvalue weighted by molar-refractivity contribution is 7.99. The van der Waals surface area contributed by atoms with Crippen LogP contribution in [0.5, 0.6) is 0 Å². The Kier molecular flexibility index (Phi) is 7.32. The minimum atomic E-state index is -0.205. The molecular formula is C27H29F2N3S2. The Morgan fingerprint density at radius 3 is 2.53 bits per heavy atom. The van der Waals surface area contributed by atoms with E-state index in [4.69, 9.17) is 0 Å². The first-order chi connectivity index (χ1) is 16.6. The van der Waals surface area contributed by atoms with Gasteiger partial charge in [0.1, 0.15) is 17.5 Å². The van der Waals surface area contributed by atoms with Gasteiger partial charge in [-0.1, -0.05) is 6.92 Å². The topological polar surface area (TPSA) is 21.1 Å². The van der Waals surface area contributed by atoms with E-state index in [0.717, 1.165) is 67.3 Å². The van der Waals surface area contributed by atoms with Crippen molar-refractivity contribution in [1.82, 2.24) is 14.5 Å². The average molecular weight is 498 g/mol. The number of piperidine rings is 1. The third-order valence-corrected chi connectivity index (χ3v) is 8.42. The van der Waals surface area contributed by atoms with Crippen LogP contribution in [0, 0.1) is 11.6 Å². The second-order valence-corrected chi connectivity index (χ2v) is 10.7. The number of thiazole rings is 1. The van der Waals surface area contributed by atoms with Gasteiger partial charge in [0.05, 0.1) is 11.0 Å². The maximum Gasteiger partial charge on any atom is 0.148 e. The Morgan fingerprint density at radius 1 is 1.06 bits per heavy atom. The van der Waals surface area contributed by atoms with E-state index in [9.17, 15) is 8.78 Å². The molecule has 1 aliphatic rings. The van der Waals surface area contributed by atoms with Gasteiger partial charge in [-0.15, -0.1) is 23.1 Å². The Balaban J connectivity index is 1.26. The fraction of sp³-hybridized carbons (Fsp3) is 0.370. The lowest BCUT2D eigenvalue weighted by atomic mass is 9.87. The Morgan fingerprint density at radius 2 is 1.82 bits per heavy atom. The fourth-order valence-corrected chi connectivity index (χ4v) is 6.53. The van der Waals surface area contributed by atoms with Gasteiger partial charge in [-0.2, -0.15) is 0 Å². The molecule has 0 atom stereocenters. The lowest BCUT2D eigenvalue weighted by molar-refractivity contribution is 0.213. The predicted molar refractivity (Wildman–Crippen MR) is 138 cm³/mol. The zero-order valence-corrected chi connectivity index (χ0v) is 21.0. The molecule has 5 rings (SSSR count). The van der Waals surface area contributed by atoms with Crippen LogP contribution in [0.1, 0.15) is 43.4 Å². The number of aromatic nitrogens is 2. The molecule has 0 amide bonds. The van der Waals surface area contributed by atoms with Gasteiger partial charge in [0.15, 0.2) is 0 Å². The highest BCUT2D eigenvalue weighted by Gasteiger charge is 2.28. The maximum absolute atomic E-state index is 14.2. The van der Waals surface area contributed by atoms with Crippen LogP contribution < -0.4 is 0 Å². The molecular weight excluding hydrogens is 468 g/mol. The number of halogens is 2. The van der Waals surface area contributed by atoms with Crippen LogP contribution in [-0.2, 0) is 6.42 Å². The zero-order valence-electron chi connectivity index (χ0n) is 19.3. The van der Waals surface area contributed by atoms with E-state index < -0.39 is 0 Å². The highest BCUT2D eigenvalue weighted by Crippen LogP contribution is 2.39. The molecule has 0 bridgehead atoms. The smallest absolute Gasteiger partial charge is 0.148 e. The van der Waals surface area contributed by atoms with Gasteiger partial charge in [-0.25, -0.2) is 13.8 Å². The van der Waals surface area contributed by atoms with Crippen molar-refractivity contribution in [2.24, 2.45) is 0 Å². The molecule has 34 heavy (non-hydrogen) atoms. The summed E-state index contributed by atoms with van der Waals surface area (Å²) in [4.78, 5) is 8.23. The molecule has 178 valence electrons. The molecule has 1 fully saturated rings. The lowest BCUT2D eigenvalue weighted by Crippen LogP contribution is -2.34. The molecule has 4 aromatic rings. The third kappa shape index (κ3) is 4.92. The number of nitrogens with zero attached hydrogens (tertiary/aromatic N) is 3. The summed E-state index contributed by atoms with van der Waals surface area (Å²) in [5.74, 6) is 2.02. The Bertz CT molecular complexity index is 1230. The zero-order chi connectivity index (χ0) is 23.5. The van der Waals surface area contributed by atoms with Crippen molar-refractivity contribution in [3.8, 4) is 5.82 Å². The fourth-order valence-electron chi connectivity index (χ4n) is 5.18. The second-order valence-electron chi connectivity index (χ2n) is 8.83. The standard InChI is InChI=1S/C27H29F2N3S2/c1-2-24-27(23-9-6-21(29)16-25(23)32(24)26-17-33-18-30-26)19-10-13-31(14-11-19)12-3-15-34-22-7-4-20(28)5-8-22/h4-9,16-19H,2-3,10-15H2,1H3. The summed E-state index contributed by atoms with van der Waals surface area (Å²) >= 11 is 3.36. The van der Waals surface area contributed by atoms with E-state index in [0.29, 0.717) is 5.92 Å². The highest BCUT2D eigenvalue weighted by atomic mass is 32.2. The SMILES string of the molecule is CCc1c(C2CCN(CCCSc3ccc(F)cc3)CC2)c2ccc(F)cc2n1-c1cscn1. The summed E-state index contributed by atoms with van der Waals surface area (Å²) in [7, 11) is 0. The largest absolute Gasteiger partial charge is 0.303 e. The van der Waals surface area contributed by atoms with Crippen LogP contribution >= 0.6 is 23.1 Å². The molecule has 0 saturated carbocycles. The third-order valence-electron chi connectivity index (χ3n) is 6.75. The summed E-state index contributed by atoms with van der Waals surface area (Å²) in [6.07, 6.45) is 4.25. The van der Waals surface area contributed by atoms with Crippen molar-refractivity contribution in [3.05, 3.63) is 76.2 Å². The van der Waals surface area contributed by atoms with Crippen LogP contribution in [0.2, 0.25) is 0 Å². The van der Waals surface area contributed by atoms with Crippen molar-refractivity contribution in [1.29, 1.82) is 0 Å². The van der Waals surface area contributed by atoms with Crippen molar-refractivity contribution >= 4 is 34.0 Å². The summed E-state index contributed by atoms with van der Waals surface area (Å²) in [6.45, 7) is 5.44. The van der Waals surface area contributed by atoms with Crippen LogP contribution in [-0.4, -0.2) is 39.8 Å². The number of hydrogen-bond acceptors (Lipinski definition) is 4. The normalized spacial score (nSPS) is 15.4. The number of hydrogen-bond donors (Lipinski definition) is 0. The molecule has 1 saturated heterocycles.